The molecule has 0 spiro atoms. The van der Waals surface area contributed by atoms with Crippen molar-refractivity contribution < 1.29 is 24.2 Å². The highest BCUT2D eigenvalue weighted by molar-refractivity contribution is 5.87. The summed E-state index contributed by atoms with van der Waals surface area (Å²) in [6, 6.07) is 15.7. The molecule has 2 atom stereocenters. The van der Waals surface area contributed by atoms with E-state index in [4.69, 9.17) is 4.74 Å². The molecule has 0 radical (unpaired) electrons. The van der Waals surface area contributed by atoms with Gasteiger partial charge in [-0.1, -0.05) is 75.7 Å². The number of nitrogens with one attached hydrogen (secondary N) is 2. The van der Waals surface area contributed by atoms with E-state index in [2.05, 4.69) is 34.9 Å². The van der Waals surface area contributed by atoms with Crippen molar-refractivity contribution in [3.8, 4) is 11.1 Å². The molecule has 3 rings (SSSR count). The monoisotopic (exact) mass is 466 g/mol. The lowest BCUT2D eigenvalue weighted by atomic mass is 9.94. The average Bonchev–Trinajstić information content (AvgIpc) is 3.11. The maximum atomic E-state index is 12.7. The predicted molar refractivity (Wildman–Crippen MR) is 131 cm³/mol. The molecule has 0 saturated heterocycles. The summed E-state index contributed by atoms with van der Waals surface area (Å²) in [5, 5.41) is 14.9. The Bertz CT molecular complexity index is 1010. The van der Waals surface area contributed by atoms with Crippen LogP contribution >= 0.6 is 0 Å². The van der Waals surface area contributed by atoms with Gasteiger partial charge in [-0.05, 0) is 41.5 Å². The maximum absolute atomic E-state index is 12.7. The number of hydrogen-bond acceptors (Lipinski definition) is 4. The summed E-state index contributed by atoms with van der Waals surface area (Å²) in [6.45, 7) is 7.34. The molecular formula is C27H34N2O5. The van der Waals surface area contributed by atoms with Crippen molar-refractivity contribution in [3.05, 3.63) is 59.7 Å². The van der Waals surface area contributed by atoms with Crippen LogP contribution in [0.2, 0.25) is 0 Å². The Hall–Kier alpha value is -3.35. The van der Waals surface area contributed by atoms with E-state index in [1.165, 1.54) is 6.92 Å². The number of carbonyl (C=O) groups is 3. The van der Waals surface area contributed by atoms with E-state index in [9.17, 15) is 19.5 Å². The van der Waals surface area contributed by atoms with Crippen molar-refractivity contribution >= 4 is 18.0 Å². The lowest BCUT2D eigenvalue weighted by molar-refractivity contribution is -0.147. The molecule has 7 heteroatoms. The van der Waals surface area contributed by atoms with Crippen molar-refractivity contribution in [2.24, 2.45) is 5.92 Å². The first-order valence-corrected chi connectivity index (χ1v) is 11.8. The molecule has 1 aliphatic carbocycles. The number of carboxylic acid groups (broad SMARTS) is 1. The van der Waals surface area contributed by atoms with Gasteiger partial charge in [-0.2, -0.15) is 0 Å². The van der Waals surface area contributed by atoms with E-state index < -0.39 is 29.6 Å². The van der Waals surface area contributed by atoms with E-state index in [0.717, 1.165) is 22.3 Å². The first kappa shape index (κ1) is 25.3. The molecule has 1 aliphatic rings. The minimum atomic E-state index is -1.34. The Morgan fingerprint density at radius 3 is 2.09 bits per heavy atom. The molecule has 3 N–H and O–H groups in total. The molecule has 0 saturated carbocycles. The Morgan fingerprint density at radius 2 is 1.59 bits per heavy atom. The largest absolute Gasteiger partial charge is 0.480 e. The average molecular weight is 467 g/mol. The van der Waals surface area contributed by atoms with Gasteiger partial charge in [0, 0.05) is 18.4 Å². The number of alkyl carbamates (subject to hydrolysis) is 1. The van der Waals surface area contributed by atoms with Crippen LogP contribution in [0.25, 0.3) is 11.1 Å². The van der Waals surface area contributed by atoms with Crippen molar-refractivity contribution in [1.82, 2.24) is 10.6 Å². The second kappa shape index (κ2) is 10.7. The van der Waals surface area contributed by atoms with Gasteiger partial charge < -0.3 is 20.5 Å². The molecule has 0 aromatic heterocycles. The first-order chi connectivity index (χ1) is 16.2. The van der Waals surface area contributed by atoms with E-state index in [-0.39, 0.29) is 24.9 Å². The number of ether oxygens (including phenoxy) is 1. The molecule has 0 heterocycles. The molecule has 34 heavy (non-hydrogen) atoms. The smallest absolute Gasteiger partial charge is 0.407 e. The molecule has 182 valence electrons. The van der Waals surface area contributed by atoms with E-state index >= 15 is 0 Å². The zero-order chi connectivity index (χ0) is 24.9. The van der Waals surface area contributed by atoms with Crippen LogP contribution in [-0.2, 0) is 14.3 Å². The second-order valence-electron chi connectivity index (χ2n) is 9.46. The van der Waals surface area contributed by atoms with Crippen LogP contribution in [0.15, 0.2) is 48.5 Å². The van der Waals surface area contributed by atoms with Gasteiger partial charge in [0.05, 0.1) is 0 Å². The maximum Gasteiger partial charge on any atom is 0.407 e. The second-order valence-corrected chi connectivity index (χ2v) is 9.46. The Kier molecular flexibility index (Phi) is 7.97. The highest BCUT2D eigenvalue weighted by atomic mass is 16.5. The van der Waals surface area contributed by atoms with Crippen LogP contribution in [0.3, 0.4) is 0 Å². The molecule has 7 nitrogen and oxygen atoms in total. The van der Waals surface area contributed by atoms with Gasteiger partial charge in [-0.25, -0.2) is 9.59 Å². The quantitative estimate of drug-likeness (QED) is 0.471. The minimum absolute atomic E-state index is 0.0333. The van der Waals surface area contributed by atoms with Crippen molar-refractivity contribution in [2.45, 2.75) is 64.5 Å². The lowest BCUT2D eigenvalue weighted by Gasteiger charge is -2.28. The molecule has 0 aliphatic heterocycles. The molecule has 1 unspecified atom stereocenters. The van der Waals surface area contributed by atoms with Gasteiger partial charge in [-0.3, -0.25) is 4.79 Å². The number of hydrogen-bond donors (Lipinski definition) is 3. The number of fused-ring (bicyclic) bond motifs is 3. The number of carboxylic acids is 1. The summed E-state index contributed by atoms with van der Waals surface area (Å²) < 4.78 is 5.60. The minimum Gasteiger partial charge on any atom is -0.480 e. The van der Waals surface area contributed by atoms with Crippen LogP contribution in [0.1, 0.15) is 64.0 Å². The molecule has 0 bridgehead atoms. The third kappa shape index (κ3) is 5.58. The molecular weight excluding hydrogens is 432 g/mol. The van der Waals surface area contributed by atoms with E-state index in [1.807, 2.05) is 45.0 Å². The summed E-state index contributed by atoms with van der Waals surface area (Å²) in [7, 11) is 0. The topological polar surface area (TPSA) is 105 Å². The normalized spacial score (nSPS) is 15.1. The summed E-state index contributed by atoms with van der Waals surface area (Å²) in [5.74, 6) is -1.60. The van der Waals surface area contributed by atoms with Crippen LogP contribution < -0.4 is 10.6 Å². The molecule has 0 fully saturated rings. The van der Waals surface area contributed by atoms with Crippen LogP contribution in [0.4, 0.5) is 4.79 Å². The summed E-state index contributed by atoms with van der Waals surface area (Å²) >= 11 is 0. The fraction of sp³-hybridized carbons (Fsp3) is 0.444. The zero-order valence-electron chi connectivity index (χ0n) is 20.3. The number of carbonyl (C=O) groups excluding carboxylic acids is 2. The van der Waals surface area contributed by atoms with E-state index in [1.54, 1.807) is 0 Å². The van der Waals surface area contributed by atoms with E-state index in [0.29, 0.717) is 12.8 Å². The van der Waals surface area contributed by atoms with Gasteiger partial charge in [0.15, 0.2) is 0 Å². The van der Waals surface area contributed by atoms with Gasteiger partial charge in [0.2, 0.25) is 5.91 Å². The first-order valence-electron chi connectivity index (χ1n) is 11.8. The molecule has 2 aromatic carbocycles. The molecule has 2 aromatic rings. The third-order valence-corrected chi connectivity index (χ3v) is 6.49. The number of benzene rings is 2. The van der Waals surface area contributed by atoms with Gasteiger partial charge in [0.1, 0.15) is 12.1 Å². The highest BCUT2D eigenvalue weighted by Crippen LogP contribution is 2.44. The van der Waals surface area contributed by atoms with Gasteiger partial charge in [-0.15, -0.1) is 0 Å². The zero-order valence-corrected chi connectivity index (χ0v) is 20.3. The van der Waals surface area contributed by atoms with Crippen LogP contribution in [0, 0.1) is 5.92 Å². The summed E-state index contributed by atoms with van der Waals surface area (Å²) in [5.41, 5.74) is 3.21. The molecule has 2 amide bonds. The Morgan fingerprint density at radius 1 is 1.03 bits per heavy atom. The van der Waals surface area contributed by atoms with Crippen LogP contribution in [0.5, 0.6) is 0 Å². The standard InChI is InChI=1S/C27H34N2O5/c1-5-14-27(4,25(31)32)29-24(30)15-23(17(2)3)28-26(33)34-16-22-20-12-8-6-10-18(20)19-11-7-9-13-21(19)22/h6-13,17,22-23H,5,14-16H2,1-4H3,(H,28,33)(H,29,30)(H,31,32)/t23-,27?/m1/s1. The fourth-order valence-electron chi connectivity index (χ4n) is 4.53. The number of rotatable bonds is 10. The van der Waals surface area contributed by atoms with Gasteiger partial charge in [0.25, 0.3) is 0 Å². The van der Waals surface area contributed by atoms with Crippen LogP contribution in [-0.4, -0.2) is 41.3 Å². The summed E-state index contributed by atoms with van der Waals surface area (Å²) in [6.07, 6.45) is 0.312. The third-order valence-electron chi connectivity index (χ3n) is 6.49. The SMILES string of the molecule is CCCC(C)(NC(=O)C[C@@H](NC(=O)OCC1c2ccccc2-c2ccccc21)C(C)C)C(=O)O. The highest BCUT2D eigenvalue weighted by Gasteiger charge is 2.35. The number of aliphatic carboxylic acids is 1. The number of amides is 2. The summed E-state index contributed by atoms with van der Waals surface area (Å²) in [4.78, 5) is 36.9. The van der Waals surface area contributed by atoms with Crippen molar-refractivity contribution in [3.63, 3.8) is 0 Å². The van der Waals surface area contributed by atoms with Gasteiger partial charge >= 0.3 is 12.1 Å². The Balaban J connectivity index is 1.62. The predicted octanol–water partition coefficient (Wildman–Crippen LogP) is 4.70. The lowest BCUT2D eigenvalue weighted by Crippen LogP contribution is -2.53. The van der Waals surface area contributed by atoms with Crippen molar-refractivity contribution in [2.75, 3.05) is 6.61 Å². The van der Waals surface area contributed by atoms with Crippen molar-refractivity contribution in [1.29, 1.82) is 0 Å². The Labute approximate surface area is 200 Å². The fourth-order valence-corrected chi connectivity index (χ4v) is 4.53.